The molecule has 0 unspecified atom stereocenters. The van der Waals surface area contributed by atoms with Crippen LogP contribution in [0.25, 0.3) is 10.9 Å². The van der Waals surface area contributed by atoms with E-state index < -0.39 is 0 Å². The number of hydrogen-bond donors (Lipinski definition) is 0. The average molecular weight is 305 g/mol. The van der Waals surface area contributed by atoms with Crippen LogP contribution >= 0.6 is 0 Å². The largest absolute Gasteiger partial charge is 0.347 e. The maximum atomic E-state index is 2.39. The summed E-state index contributed by atoms with van der Waals surface area (Å²) in [4.78, 5) is 0. The van der Waals surface area contributed by atoms with E-state index in [0.717, 1.165) is 21.6 Å². The van der Waals surface area contributed by atoms with Gasteiger partial charge in [0.15, 0.2) is 0 Å². The van der Waals surface area contributed by atoms with Gasteiger partial charge in [-0.2, -0.15) is 0 Å². The molecule has 2 aromatic carbocycles. The van der Waals surface area contributed by atoms with Gasteiger partial charge in [-0.25, -0.2) is 0 Å². The third-order valence-corrected chi connectivity index (χ3v) is 5.60. The quantitative estimate of drug-likeness (QED) is 0.442. The van der Waals surface area contributed by atoms with E-state index in [1.807, 2.05) is 0 Å². The molecule has 0 amide bonds. The minimum atomic E-state index is 0.795. The van der Waals surface area contributed by atoms with E-state index in [1.54, 1.807) is 0 Å². The Morgan fingerprint density at radius 1 is 0.909 bits per heavy atom. The topological polar surface area (TPSA) is 4.93 Å². The molecular formula is C20H23NSi. The van der Waals surface area contributed by atoms with Crippen LogP contribution in [-0.4, -0.2) is 14.1 Å². The van der Waals surface area contributed by atoms with Crippen molar-refractivity contribution in [1.82, 2.24) is 4.57 Å². The molecule has 0 spiro atoms. The Kier molecular flexibility index (Phi) is 5.12. The first-order valence-corrected chi connectivity index (χ1v) is 9.26. The Balaban J connectivity index is 1.43. The zero-order valence-electron chi connectivity index (χ0n) is 13.2. The predicted molar refractivity (Wildman–Crippen MR) is 97.0 cm³/mol. The lowest BCUT2D eigenvalue weighted by Crippen LogP contribution is -2.17. The molecule has 0 saturated carbocycles. The molecule has 1 aromatic heterocycles. The molecule has 1 heterocycles. The van der Waals surface area contributed by atoms with Crippen LogP contribution in [-0.2, 0) is 6.54 Å². The number of aryl methyl sites for hydroxylation is 1. The summed E-state index contributed by atoms with van der Waals surface area (Å²) in [6.45, 7) is 3.52. The molecule has 0 bridgehead atoms. The summed E-state index contributed by atoms with van der Waals surface area (Å²) in [7, 11) is 0.940. The average Bonchev–Trinajstić information content (AvgIpc) is 2.96. The van der Waals surface area contributed by atoms with E-state index in [1.165, 1.54) is 35.4 Å². The summed E-state index contributed by atoms with van der Waals surface area (Å²) in [5.74, 6) is 0. The lowest BCUT2D eigenvalue weighted by atomic mass is 10.2. The van der Waals surface area contributed by atoms with Crippen LogP contribution in [0.4, 0.5) is 0 Å². The molecule has 3 aromatic rings. The summed E-state index contributed by atoms with van der Waals surface area (Å²) in [5.41, 5.74) is 2.16. The predicted octanol–water partition coefficient (Wildman–Crippen LogP) is 4.65. The standard InChI is InChI=1S/C20H23NSi/c1-17(22-19-11-3-2-4-12-19)9-7-8-15-21-16-14-18-10-5-6-13-20(18)21/h2-6,10-14,16-17H,7-9,15H2,1H3/t17-/m0/s1. The highest BCUT2D eigenvalue weighted by Gasteiger charge is 2.05. The summed E-state index contributed by atoms with van der Waals surface area (Å²) < 4.78 is 2.39. The van der Waals surface area contributed by atoms with Crippen molar-refractivity contribution in [2.24, 2.45) is 0 Å². The first-order chi connectivity index (χ1) is 10.8. The van der Waals surface area contributed by atoms with Crippen molar-refractivity contribution >= 4 is 25.6 Å². The number of hydrogen-bond acceptors (Lipinski definition) is 0. The highest BCUT2D eigenvalue weighted by Crippen LogP contribution is 2.17. The van der Waals surface area contributed by atoms with Crippen LogP contribution in [0.1, 0.15) is 26.2 Å². The molecule has 0 saturated heterocycles. The zero-order valence-corrected chi connectivity index (χ0v) is 14.2. The zero-order chi connectivity index (χ0) is 15.2. The normalized spacial score (nSPS) is 12.6. The second-order valence-corrected chi connectivity index (χ2v) is 7.83. The number of fused-ring (bicyclic) bond motifs is 1. The van der Waals surface area contributed by atoms with Gasteiger partial charge in [0.25, 0.3) is 0 Å². The van der Waals surface area contributed by atoms with Crippen molar-refractivity contribution in [1.29, 1.82) is 0 Å². The molecule has 112 valence electrons. The smallest absolute Gasteiger partial charge is 0.0839 e. The van der Waals surface area contributed by atoms with E-state index in [2.05, 4.69) is 78.4 Å². The van der Waals surface area contributed by atoms with Crippen LogP contribution in [0.5, 0.6) is 0 Å². The van der Waals surface area contributed by atoms with Crippen molar-refractivity contribution < 1.29 is 0 Å². The summed E-state index contributed by atoms with van der Waals surface area (Å²) >= 11 is 0. The number of unbranched alkanes of at least 4 members (excludes halogenated alkanes) is 1. The Morgan fingerprint density at radius 2 is 1.68 bits per heavy atom. The number of benzene rings is 2. The van der Waals surface area contributed by atoms with Crippen molar-refractivity contribution in [3.8, 4) is 0 Å². The third kappa shape index (κ3) is 3.89. The van der Waals surface area contributed by atoms with E-state index in [0.29, 0.717) is 0 Å². The summed E-state index contributed by atoms with van der Waals surface area (Å²) in [6.07, 6.45) is 6.13. The molecule has 0 N–H and O–H groups in total. The van der Waals surface area contributed by atoms with Gasteiger partial charge in [0.1, 0.15) is 0 Å². The van der Waals surface area contributed by atoms with E-state index in [9.17, 15) is 0 Å². The molecule has 2 heteroatoms. The first kappa shape index (κ1) is 15.1. The maximum absolute atomic E-state index is 2.39. The van der Waals surface area contributed by atoms with Crippen LogP contribution in [0.3, 0.4) is 0 Å². The molecule has 3 rings (SSSR count). The molecule has 2 radical (unpaired) electrons. The van der Waals surface area contributed by atoms with Gasteiger partial charge < -0.3 is 4.57 Å². The molecule has 0 aliphatic rings. The number of rotatable bonds is 7. The van der Waals surface area contributed by atoms with E-state index in [4.69, 9.17) is 0 Å². The van der Waals surface area contributed by atoms with Crippen molar-refractivity contribution in [2.75, 3.05) is 0 Å². The molecule has 1 atom stereocenters. The van der Waals surface area contributed by atoms with Gasteiger partial charge in [0.2, 0.25) is 0 Å². The Labute approximate surface area is 135 Å². The Bertz CT molecular complexity index is 702. The molecular weight excluding hydrogens is 282 g/mol. The molecule has 0 fully saturated rings. The van der Waals surface area contributed by atoms with Gasteiger partial charge in [0, 0.05) is 18.3 Å². The molecule has 0 aliphatic heterocycles. The maximum Gasteiger partial charge on any atom is 0.0839 e. The number of aromatic nitrogens is 1. The van der Waals surface area contributed by atoms with E-state index in [-0.39, 0.29) is 0 Å². The fourth-order valence-corrected chi connectivity index (χ4v) is 4.26. The van der Waals surface area contributed by atoms with Gasteiger partial charge in [-0.3, -0.25) is 0 Å². The fraction of sp³-hybridized carbons (Fsp3) is 0.300. The second-order valence-electron chi connectivity index (χ2n) is 5.98. The SMILES string of the molecule is C[C@@H](CCCCn1ccc2ccccc21)[Si]c1ccccc1. The lowest BCUT2D eigenvalue weighted by molar-refractivity contribution is 0.592. The van der Waals surface area contributed by atoms with Crippen LogP contribution in [0.2, 0.25) is 5.54 Å². The van der Waals surface area contributed by atoms with Crippen LogP contribution < -0.4 is 5.19 Å². The second kappa shape index (κ2) is 7.46. The summed E-state index contributed by atoms with van der Waals surface area (Å²) in [5, 5.41) is 2.84. The molecule has 22 heavy (non-hydrogen) atoms. The Hall–Kier alpha value is -1.80. The van der Waals surface area contributed by atoms with Crippen molar-refractivity contribution in [3.63, 3.8) is 0 Å². The monoisotopic (exact) mass is 305 g/mol. The van der Waals surface area contributed by atoms with Gasteiger partial charge in [0.05, 0.1) is 9.52 Å². The third-order valence-electron chi connectivity index (χ3n) is 4.15. The number of para-hydroxylation sites is 1. The first-order valence-electron chi connectivity index (χ1n) is 8.18. The minimum Gasteiger partial charge on any atom is -0.347 e. The lowest BCUT2D eigenvalue weighted by Gasteiger charge is -2.11. The van der Waals surface area contributed by atoms with Crippen molar-refractivity contribution in [3.05, 3.63) is 66.9 Å². The molecule has 1 nitrogen and oxygen atoms in total. The number of nitrogens with zero attached hydrogens (tertiary/aromatic N) is 1. The van der Waals surface area contributed by atoms with Gasteiger partial charge >= 0.3 is 0 Å². The van der Waals surface area contributed by atoms with Crippen molar-refractivity contribution in [2.45, 2.75) is 38.3 Å². The highest BCUT2D eigenvalue weighted by molar-refractivity contribution is 6.54. The van der Waals surface area contributed by atoms with Crippen LogP contribution in [0.15, 0.2) is 66.9 Å². The van der Waals surface area contributed by atoms with Gasteiger partial charge in [-0.15, -0.1) is 0 Å². The fourth-order valence-electron chi connectivity index (χ4n) is 2.96. The van der Waals surface area contributed by atoms with E-state index >= 15 is 0 Å². The minimum absolute atomic E-state index is 0.795. The molecule has 0 aliphatic carbocycles. The van der Waals surface area contributed by atoms with Gasteiger partial charge in [-0.1, -0.05) is 73.5 Å². The van der Waals surface area contributed by atoms with Crippen LogP contribution in [0, 0.1) is 0 Å². The highest BCUT2D eigenvalue weighted by atomic mass is 28.2. The Morgan fingerprint density at radius 3 is 2.55 bits per heavy atom. The van der Waals surface area contributed by atoms with Gasteiger partial charge in [-0.05, 0) is 29.5 Å². The summed E-state index contributed by atoms with van der Waals surface area (Å²) in [6, 6.07) is 21.7.